The van der Waals surface area contributed by atoms with Gasteiger partial charge in [0.05, 0.1) is 26.2 Å². The largest absolute Gasteiger partial charge is 0.469 e. The molecule has 4 heteroatoms. The molecule has 1 fully saturated rings. The monoisotopic (exact) mass is 159 g/mol. The van der Waals surface area contributed by atoms with E-state index in [0.29, 0.717) is 19.8 Å². The molecule has 1 aliphatic heterocycles. The Balaban J connectivity index is 2.36. The topological polar surface area (TPSA) is 47.6 Å². The Morgan fingerprint density at radius 2 is 2.55 bits per heavy atom. The maximum absolute atomic E-state index is 11.0. The van der Waals surface area contributed by atoms with Gasteiger partial charge in [0.2, 0.25) is 0 Å². The van der Waals surface area contributed by atoms with Crippen LogP contribution in [0.1, 0.15) is 0 Å². The van der Waals surface area contributed by atoms with E-state index in [1.165, 1.54) is 7.11 Å². The van der Waals surface area contributed by atoms with Crippen molar-refractivity contribution >= 4 is 5.97 Å². The fourth-order valence-electron chi connectivity index (χ4n) is 1.02. The second kappa shape index (κ2) is 4.31. The molecule has 1 unspecified atom stereocenters. The van der Waals surface area contributed by atoms with E-state index < -0.39 is 0 Å². The fourth-order valence-corrected chi connectivity index (χ4v) is 1.02. The summed E-state index contributed by atoms with van der Waals surface area (Å²) in [5.74, 6) is -0.332. The van der Waals surface area contributed by atoms with Gasteiger partial charge in [-0.15, -0.1) is 0 Å². The van der Waals surface area contributed by atoms with Gasteiger partial charge in [-0.3, -0.25) is 4.79 Å². The molecular weight excluding hydrogens is 146 g/mol. The minimum atomic E-state index is -0.195. The Hall–Kier alpha value is -0.610. The summed E-state index contributed by atoms with van der Waals surface area (Å²) < 4.78 is 9.75. The van der Waals surface area contributed by atoms with Gasteiger partial charge in [0.25, 0.3) is 0 Å². The Kier molecular flexibility index (Phi) is 3.32. The average molecular weight is 159 g/mol. The molecule has 0 saturated carbocycles. The first-order valence-corrected chi connectivity index (χ1v) is 3.71. The van der Waals surface area contributed by atoms with Crippen LogP contribution in [0.15, 0.2) is 0 Å². The Labute approximate surface area is 65.9 Å². The molecule has 0 radical (unpaired) electrons. The molecule has 1 aliphatic rings. The van der Waals surface area contributed by atoms with Gasteiger partial charge in [0.1, 0.15) is 0 Å². The summed E-state index contributed by atoms with van der Waals surface area (Å²) in [4.78, 5) is 11.0. The van der Waals surface area contributed by atoms with Crippen LogP contribution in [0.5, 0.6) is 0 Å². The third-order valence-corrected chi connectivity index (χ3v) is 1.67. The molecule has 1 N–H and O–H groups in total. The van der Waals surface area contributed by atoms with Crippen molar-refractivity contribution in [2.24, 2.45) is 5.92 Å². The number of carbonyl (C=O) groups is 1. The van der Waals surface area contributed by atoms with Crippen molar-refractivity contribution in [3.63, 3.8) is 0 Å². The molecule has 0 aliphatic carbocycles. The highest BCUT2D eigenvalue weighted by molar-refractivity contribution is 5.72. The zero-order chi connectivity index (χ0) is 8.10. The zero-order valence-electron chi connectivity index (χ0n) is 6.63. The first-order chi connectivity index (χ1) is 5.34. The minimum absolute atomic E-state index is 0.137. The van der Waals surface area contributed by atoms with E-state index in [1.54, 1.807) is 0 Å². The van der Waals surface area contributed by atoms with Crippen LogP contribution in [0.3, 0.4) is 0 Å². The lowest BCUT2D eigenvalue weighted by Crippen LogP contribution is -2.29. The second-order valence-electron chi connectivity index (χ2n) is 2.50. The zero-order valence-corrected chi connectivity index (χ0v) is 6.63. The highest BCUT2D eigenvalue weighted by Gasteiger charge is 2.20. The summed E-state index contributed by atoms with van der Waals surface area (Å²) in [5.41, 5.74) is 0. The molecule has 1 saturated heterocycles. The summed E-state index contributed by atoms with van der Waals surface area (Å²) in [5, 5.41) is 3.09. The Morgan fingerprint density at radius 1 is 1.73 bits per heavy atom. The summed E-state index contributed by atoms with van der Waals surface area (Å²) in [6, 6.07) is 0. The third-order valence-electron chi connectivity index (χ3n) is 1.67. The summed E-state index contributed by atoms with van der Waals surface area (Å²) in [6.45, 7) is 2.62. The van der Waals surface area contributed by atoms with Crippen molar-refractivity contribution in [3.05, 3.63) is 0 Å². The van der Waals surface area contributed by atoms with Crippen molar-refractivity contribution in [2.45, 2.75) is 0 Å². The number of hydrogen-bond donors (Lipinski definition) is 1. The molecule has 11 heavy (non-hydrogen) atoms. The maximum atomic E-state index is 11.0. The first kappa shape index (κ1) is 8.49. The number of rotatable bonds is 1. The number of esters is 1. The van der Waals surface area contributed by atoms with Crippen LogP contribution >= 0.6 is 0 Å². The van der Waals surface area contributed by atoms with Crippen LogP contribution in [0.4, 0.5) is 0 Å². The molecule has 0 spiro atoms. The van der Waals surface area contributed by atoms with Gasteiger partial charge < -0.3 is 14.8 Å². The number of ether oxygens (including phenoxy) is 2. The van der Waals surface area contributed by atoms with Crippen molar-refractivity contribution in [1.82, 2.24) is 5.32 Å². The van der Waals surface area contributed by atoms with Crippen LogP contribution in [0, 0.1) is 5.92 Å². The Bertz CT molecular complexity index is 130. The van der Waals surface area contributed by atoms with E-state index in [2.05, 4.69) is 10.1 Å². The van der Waals surface area contributed by atoms with Gasteiger partial charge in [-0.2, -0.15) is 0 Å². The van der Waals surface area contributed by atoms with Gasteiger partial charge >= 0.3 is 5.97 Å². The summed E-state index contributed by atoms with van der Waals surface area (Å²) in [6.07, 6.45) is 0. The quantitative estimate of drug-likeness (QED) is 0.519. The summed E-state index contributed by atoms with van der Waals surface area (Å²) >= 11 is 0. The molecule has 1 rings (SSSR count). The van der Waals surface area contributed by atoms with Crippen molar-refractivity contribution in [3.8, 4) is 0 Å². The van der Waals surface area contributed by atoms with Gasteiger partial charge in [-0.1, -0.05) is 0 Å². The molecule has 0 amide bonds. The minimum Gasteiger partial charge on any atom is -0.469 e. The predicted molar refractivity (Wildman–Crippen MR) is 39.2 cm³/mol. The average Bonchev–Trinajstić information content (AvgIpc) is 2.30. The van der Waals surface area contributed by atoms with Gasteiger partial charge in [0, 0.05) is 13.1 Å². The third kappa shape index (κ3) is 2.48. The predicted octanol–water partition coefficient (Wildman–Crippen LogP) is -0.605. The smallest absolute Gasteiger partial charge is 0.312 e. The number of nitrogens with one attached hydrogen (secondary N) is 1. The lowest BCUT2D eigenvalue weighted by molar-refractivity contribution is -0.146. The second-order valence-corrected chi connectivity index (χ2v) is 2.50. The first-order valence-electron chi connectivity index (χ1n) is 3.71. The van der Waals surface area contributed by atoms with Crippen molar-refractivity contribution in [1.29, 1.82) is 0 Å². The normalized spacial score (nSPS) is 25.7. The highest BCUT2D eigenvalue weighted by atomic mass is 16.5. The van der Waals surface area contributed by atoms with Gasteiger partial charge in [0.15, 0.2) is 0 Å². The van der Waals surface area contributed by atoms with Crippen molar-refractivity contribution < 1.29 is 14.3 Å². The van der Waals surface area contributed by atoms with E-state index in [4.69, 9.17) is 4.74 Å². The molecule has 0 aromatic carbocycles. The maximum Gasteiger partial charge on any atom is 0.312 e. The van der Waals surface area contributed by atoms with E-state index in [9.17, 15) is 4.79 Å². The summed E-state index contributed by atoms with van der Waals surface area (Å²) in [7, 11) is 1.40. The standard InChI is InChI=1S/C7H13NO3/c1-10-7(9)6-4-8-2-3-11-5-6/h6,8H,2-5H2,1H3. The van der Waals surface area contributed by atoms with E-state index in [1.807, 2.05) is 0 Å². The van der Waals surface area contributed by atoms with Crippen LogP contribution in [-0.2, 0) is 14.3 Å². The lowest BCUT2D eigenvalue weighted by atomic mass is 10.2. The van der Waals surface area contributed by atoms with E-state index in [0.717, 1.165) is 6.54 Å². The lowest BCUT2D eigenvalue weighted by Gasteiger charge is -2.09. The van der Waals surface area contributed by atoms with Crippen LogP contribution in [-0.4, -0.2) is 39.4 Å². The molecule has 1 atom stereocenters. The molecule has 0 bridgehead atoms. The van der Waals surface area contributed by atoms with E-state index in [-0.39, 0.29) is 11.9 Å². The fraction of sp³-hybridized carbons (Fsp3) is 0.857. The highest BCUT2D eigenvalue weighted by Crippen LogP contribution is 2.01. The number of methoxy groups -OCH3 is 1. The van der Waals surface area contributed by atoms with Gasteiger partial charge in [-0.25, -0.2) is 0 Å². The molecular formula is C7H13NO3. The Morgan fingerprint density at radius 3 is 3.27 bits per heavy atom. The van der Waals surface area contributed by atoms with Gasteiger partial charge in [-0.05, 0) is 0 Å². The van der Waals surface area contributed by atoms with Crippen LogP contribution in [0.25, 0.3) is 0 Å². The number of carbonyl (C=O) groups excluding carboxylic acids is 1. The molecule has 64 valence electrons. The van der Waals surface area contributed by atoms with Crippen LogP contribution in [0.2, 0.25) is 0 Å². The van der Waals surface area contributed by atoms with Crippen LogP contribution < -0.4 is 5.32 Å². The van der Waals surface area contributed by atoms with Crippen molar-refractivity contribution in [2.75, 3.05) is 33.4 Å². The van der Waals surface area contributed by atoms with E-state index >= 15 is 0 Å². The number of hydrogen-bond acceptors (Lipinski definition) is 4. The molecule has 0 aromatic rings. The molecule has 1 heterocycles. The molecule has 4 nitrogen and oxygen atoms in total. The SMILES string of the molecule is COC(=O)C1CNCCOC1. The molecule has 0 aromatic heterocycles.